The lowest BCUT2D eigenvalue weighted by atomic mass is 10.1. The summed E-state index contributed by atoms with van der Waals surface area (Å²) >= 11 is 0. The van der Waals surface area contributed by atoms with Crippen LogP contribution in [0.3, 0.4) is 0 Å². The van der Waals surface area contributed by atoms with Crippen LogP contribution in [0.1, 0.15) is 5.56 Å². The number of fused-ring (bicyclic) bond motifs is 1. The van der Waals surface area contributed by atoms with Crippen LogP contribution < -0.4 is 4.74 Å². The van der Waals surface area contributed by atoms with Crippen molar-refractivity contribution in [3.63, 3.8) is 0 Å². The Hall–Kier alpha value is -3.11. The molecule has 0 fully saturated rings. The molecule has 0 amide bonds. The van der Waals surface area contributed by atoms with Gasteiger partial charge in [0.25, 0.3) is 0 Å². The summed E-state index contributed by atoms with van der Waals surface area (Å²) in [4.78, 5) is 6.27. The Labute approximate surface area is 153 Å². The average molecular weight is 343 g/mol. The van der Waals surface area contributed by atoms with Crippen molar-refractivity contribution < 1.29 is 4.74 Å². The summed E-state index contributed by atoms with van der Waals surface area (Å²) in [5, 5.41) is 2.39. The molecule has 0 radical (unpaired) electrons. The zero-order chi connectivity index (χ0) is 17.9. The molecule has 0 spiro atoms. The van der Waals surface area contributed by atoms with Gasteiger partial charge in [0.2, 0.25) is 0 Å². The lowest BCUT2D eigenvalue weighted by Crippen LogP contribution is -2.12. The fourth-order valence-electron chi connectivity index (χ4n) is 3.06. The zero-order valence-corrected chi connectivity index (χ0v) is 15.0. The molecule has 130 valence electrons. The predicted octanol–water partition coefficient (Wildman–Crippen LogP) is 4.88. The molecule has 4 heteroatoms. The molecule has 4 rings (SSSR count). The average Bonchev–Trinajstić information content (AvgIpc) is 3.17. The molecule has 0 N–H and O–H groups in total. The summed E-state index contributed by atoms with van der Waals surface area (Å²) in [7, 11) is 4.12. The molecule has 4 nitrogen and oxygen atoms in total. The van der Waals surface area contributed by atoms with Gasteiger partial charge in [-0.25, -0.2) is 4.98 Å². The second-order valence-electron chi connectivity index (χ2n) is 6.61. The highest BCUT2D eigenvalue weighted by atomic mass is 16.5. The van der Waals surface area contributed by atoms with Crippen LogP contribution in [-0.4, -0.2) is 28.5 Å². The fraction of sp³-hybridized carbons (Fsp3) is 0.136. The Morgan fingerprint density at radius 3 is 2.58 bits per heavy atom. The Bertz CT molecular complexity index is 1020. The smallest absolute Gasteiger partial charge is 0.132 e. The van der Waals surface area contributed by atoms with E-state index in [0.29, 0.717) is 0 Å². The Balaban J connectivity index is 1.69. The molecule has 0 aliphatic carbocycles. The van der Waals surface area contributed by atoms with Crippen molar-refractivity contribution in [1.82, 2.24) is 14.5 Å². The minimum absolute atomic E-state index is 0.797. The van der Waals surface area contributed by atoms with Crippen molar-refractivity contribution in [3.05, 3.63) is 84.9 Å². The number of aromatic nitrogens is 2. The number of imidazole rings is 1. The highest BCUT2D eigenvalue weighted by Crippen LogP contribution is 2.30. The van der Waals surface area contributed by atoms with Crippen molar-refractivity contribution in [2.75, 3.05) is 14.1 Å². The van der Waals surface area contributed by atoms with Crippen molar-refractivity contribution in [2.24, 2.45) is 0 Å². The summed E-state index contributed by atoms with van der Waals surface area (Å²) < 4.78 is 8.24. The maximum absolute atomic E-state index is 6.24. The zero-order valence-electron chi connectivity index (χ0n) is 15.0. The largest absolute Gasteiger partial charge is 0.457 e. The first-order valence-corrected chi connectivity index (χ1v) is 8.62. The van der Waals surface area contributed by atoms with Crippen LogP contribution in [-0.2, 0) is 6.54 Å². The van der Waals surface area contributed by atoms with Gasteiger partial charge in [0.1, 0.15) is 11.5 Å². The van der Waals surface area contributed by atoms with Crippen molar-refractivity contribution in [1.29, 1.82) is 0 Å². The standard InChI is InChI=1S/C22H21N3O/c1-24(2)15-19-13-20(25-12-11-23-16-25)8-10-22(19)26-21-9-7-17-5-3-4-6-18(17)14-21/h3-14,16H,15H2,1-2H3. The van der Waals surface area contributed by atoms with E-state index in [4.69, 9.17) is 4.74 Å². The molecule has 3 aromatic carbocycles. The van der Waals surface area contributed by atoms with Crippen molar-refractivity contribution in [2.45, 2.75) is 6.54 Å². The number of hydrogen-bond acceptors (Lipinski definition) is 3. The van der Waals surface area contributed by atoms with E-state index in [1.807, 2.05) is 35.0 Å². The van der Waals surface area contributed by atoms with E-state index in [9.17, 15) is 0 Å². The maximum Gasteiger partial charge on any atom is 0.132 e. The molecular formula is C22H21N3O. The summed E-state index contributed by atoms with van der Waals surface area (Å²) in [5.41, 5.74) is 2.21. The third kappa shape index (κ3) is 3.46. The quantitative estimate of drug-likeness (QED) is 0.517. The number of rotatable bonds is 5. The molecule has 0 saturated heterocycles. The topological polar surface area (TPSA) is 30.3 Å². The van der Waals surface area contributed by atoms with Crippen LogP contribution >= 0.6 is 0 Å². The molecule has 4 aromatic rings. The number of ether oxygens (including phenoxy) is 1. The SMILES string of the molecule is CN(C)Cc1cc(-n2ccnc2)ccc1Oc1ccc2ccccc2c1. The monoisotopic (exact) mass is 343 g/mol. The number of benzene rings is 3. The molecule has 0 aliphatic rings. The van der Waals surface area contributed by atoms with Crippen LogP contribution in [0.5, 0.6) is 11.5 Å². The minimum Gasteiger partial charge on any atom is -0.457 e. The third-order valence-electron chi connectivity index (χ3n) is 4.28. The van der Waals surface area contributed by atoms with E-state index < -0.39 is 0 Å². The summed E-state index contributed by atoms with van der Waals surface area (Å²) in [6, 6.07) is 20.7. The summed E-state index contributed by atoms with van der Waals surface area (Å²) in [5.74, 6) is 1.72. The highest BCUT2D eigenvalue weighted by molar-refractivity contribution is 5.83. The van der Waals surface area contributed by atoms with E-state index in [2.05, 4.69) is 60.4 Å². The third-order valence-corrected chi connectivity index (χ3v) is 4.28. The van der Waals surface area contributed by atoms with Crippen LogP contribution in [0, 0.1) is 0 Å². The van der Waals surface area contributed by atoms with Crippen LogP contribution in [0.25, 0.3) is 16.5 Å². The molecular weight excluding hydrogens is 322 g/mol. The van der Waals surface area contributed by atoms with Gasteiger partial charge in [0.05, 0.1) is 6.33 Å². The van der Waals surface area contributed by atoms with Gasteiger partial charge >= 0.3 is 0 Å². The maximum atomic E-state index is 6.24. The van der Waals surface area contributed by atoms with Gasteiger partial charge in [0.15, 0.2) is 0 Å². The first-order valence-electron chi connectivity index (χ1n) is 8.62. The molecule has 1 heterocycles. The minimum atomic E-state index is 0.797. The van der Waals surface area contributed by atoms with Crippen molar-refractivity contribution in [3.8, 4) is 17.2 Å². The van der Waals surface area contributed by atoms with E-state index in [0.717, 1.165) is 29.3 Å². The highest BCUT2D eigenvalue weighted by Gasteiger charge is 2.09. The fourth-order valence-corrected chi connectivity index (χ4v) is 3.06. The van der Waals surface area contributed by atoms with Gasteiger partial charge in [-0.1, -0.05) is 30.3 Å². The van der Waals surface area contributed by atoms with E-state index in [1.165, 1.54) is 10.8 Å². The van der Waals surface area contributed by atoms with Gasteiger partial charge in [-0.05, 0) is 55.2 Å². The van der Waals surface area contributed by atoms with Crippen LogP contribution in [0.4, 0.5) is 0 Å². The Morgan fingerprint density at radius 1 is 0.962 bits per heavy atom. The molecule has 0 unspecified atom stereocenters. The second kappa shape index (κ2) is 7.02. The van der Waals surface area contributed by atoms with E-state index in [-0.39, 0.29) is 0 Å². The lowest BCUT2D eigenvalue weighted by Gasteiger charge is -2.17. The molecule has 0 saturated carbocycles. The summed E-state index contributed by atoms with van der Waals surface area (Å²) in [6.45, 7) is 0.797. The first kappa shape index (κ1) is 16.4. The Morgan fingerprint density at radius 2 is 1.81 bits per heavy atom. The predicted molar refractivity (Wildman–Crippen MR) is 105 cm³/mol. The van der Waals surface area contributed by atoms with Crippen LogP contribution in [0.15, 0.2) is 79.4 Å². The van der Waals surface area contributed by atoms with Gasteiger partial charge in [-0.2, -0.15) is 0 Å². The molecule has 0 atom stereocenters. The molecule has 0 bridgehead atoms. The van der Waals surface area contributed by atoms with Gasteiger partial charge in [-0.3, -0.25) is 0 Å². The Kier molecular flexibility index (Phi) is 4.42. The van der Waals surface area contributed by atoms with E-state index >= 15 is 0 Å². The van der Waals surface area contributed by atoms with Gasteiger partial charge in [-0.15, -0.1) is 0 Å². The first-order chi connectivity index (χ1) is 12.7. The lowest BCUT2D eigenvalue weighted by molar-refractivity contribution is 0.388. The molecule has 0 aliphatic heterocycles. The van der Waals surface area contributed by atoms with E-state index in [1.54, 1.807) is 12.5 Å². The molecule has 26 heavy (non-hydrogen) atoms. The van der Waals surface area contributed by atoms with Gasteiger partial charge in [0, 0.05) is 30.2 Å². The van der Waals surface area contributed by atoms with Gasteiger partial charge < -0.3 is 14.2 Å². The van der Waals surface area contributed by atoms with Crippen molar-refractivity contribution >= 4 is 10.8 Å². The normalized spacial score (nSPS) is 11.2. The molecule has 1 aromatic heterocycles. The second-order valence-corrected chi connectivity index (χ2v) is 6.61. The summed E-state index contributed by atoms with van der Waals surface area (Å²) in [6.07, 6.45) is 5.53. The van der Waals surface area contributed by atoms with Crippen LogP contribution in [0.2, 0.25) is 0 Å². The number of nitrogens with zero attached hydrogens (tertiary/aromatic N) is 3. The number of hydrogen-bond donors (Lipinski definition) is 0.